The van der Waals surface area contributed by atoms with Gasteiger partial charge >= 0.3 is 0 Å². The number of hydrogen-bond donors (Lipinski definition) is 1. The summed E-state index contributed by atoms with van der Waals surface area (Å²) < 4.78 is 7.52. The van der Waals surface area contributed by atoms with Crippen LogP contribution in [0.2, 0.25) is 0 Å². The molecule has 1 atom stereocenters. The monoisotopic (exact) mass is 225 g/mol. The summed E-state index contributed by atoms with van der Waals surface area (Å²) in [7, 11) is 1.78. The van der Waals surface area contributed by atoms with Gasteiger partial charge in [-0.1, -0.05) is 5.21 Å². The second-order valence-corrected chi connectivity index (χ2v) is 5.65. The molecule has 1 aliphatic rings. The van der Waals surface area contributed by atoms with Crippen molar-refractivity contribution in [2.45, 2.75) is 50.9 Å². The predicted molar refractivity (Wildman–Crippen MR) is 58.8 cm³/mol. The molecule has 5 nitrogen and oxygen atoms in total. The van der Waals surface area contributed by atoms with Crippen LogP contribution in [0.3, 0.4) is 0 Å². The van der Waals surface area contributed by atoms with E-state index >= 15 is 0 Å². The molecule has 0 aliphatic carbocycles. The van der Waals surface area contributed by atoms with Crippen LogP contribution in [0.4, 0.5) is 0 Å². The highest BCUT2D eigenvalue weighted by Crippen LogP contribution is 2.50. The molecule has 1 unspecified atom stereocenters. The lowest BCUT2D eigenvalue weighted by atomic mass is 9.80. The highest BCUT2D eigenvalue weighted by Gasteiger charge is 2.58. The van der Waals surface area contributed by atoms with Crippen LogP contribution in [0, 0.1) is 0 Å². The van der Waals surface area contributed by atoms with Crippen LogP contribution in [-0.2, 0) is 17.4 Å². The average Bonchev–Trinajstić information content (AvgIpc) is 2.53. The maximum absolute atomic E-state index is 10.9. The number of nitrogens with zero attached hydrogens (tertiary/aromatic N) is 3. The van der Waals surface area contributed by atoms with Crippen molar-refractivity contribution >= 4 is 0 Å². The number of hydrogen-bond acceptors (Lipinski definition) is 4. The van der Waals surface area contributed by atoms with E-state index in [4.69, 9.17) is 4.74 Å². The molecule has 0 amide bonds. The molecule has 0 spiro atoms. The second kappa shape index (κ2) is 3.05. The van der Waals surface area contributed by atoms with Crippen LogP contribution in [0.15, 0.2) is 6.20 Å². The SMILES string of the molecule is Cn1nncc1C1(O)CC(C)(C)OC1(C)C. The molecule has 1 aliphatic heterocycles. The number of rotatable bonds is 1. The predicted octanol–water partition coefficient (Wildman–Crippen LogP) is 0.980. The third-order valence-electron chi connectivity index (χ3n) is 3.35. The van der Waals surface area contributed by atoms with Gasteiger partial charge in [-0.2, -0.15) is 0 Å². The van der Waals surface area contributed by atoms with E-state index in [0.717, 1.165) is 0 Å². The van der Waals surface area contributed by atoms with Gasteiger partial charge in [-0.15, -0.1) is 5.10 Å². The largest absolute Gasteiger partial charge is 0.380 e. The molecule has 1 fully saturated rings. The van der Waals surface area contributed by atoms with Crippen LogP contribution < -0.4 is 0 Å². The fourth-order valence-electron chi connectivity index (χ4n) is 2.70. The van der Waals surface area contributed by atoms with Gasteiger partial charge in [0.15, 0.2) is 0 Å². The second-order valence-electron chi connectivity index (χ2n) is 5.65. The molecule has 0 radical (unpaired) electrons. The summed E-state index contributed by atoms with van der Waals surface area (Å²) >= 11 is 0. The normalized spacial score (nSPS) is 31.9. The first-order valence-electron chi connectivity index (χ1n) is 5.46. The standard InChI is InChI=1S/C11H19N3O2/c1-9(2)7-11(15,10(3,4)16-9)8-6-12-13-14(8)5/h6,15H,7H2,1-5H3. The minimum atomic E-state index is -1.05. The van der Waals surface area contributed by atoms with Gasteiger partial charge in [0.1, 0.15) is 5.60 Å². The van der Waals surface area contributed by atoms with E-state index in [-0.39, 0.29) is 5.60 Å². The van der Waals surface area contributed by atoms with E-state index in [1.54, 1.807) is 17.9 Å². The molecule has 16 heavy (non-hydrogen) atoms. The Morgan fingerprint density at radius 2 is 2.00 bits per heavy atom. The third kappa shape index (κ3) is 1.46. The first kappa shape index (κ1) is 11.5. The summed E-state index contributed by atoms with van der Waals surface area (Å²) in [5.74, 6) is 0. The number of aryl methyl sites for hydroxylation is 1. The Hall–Kier alpha value is -0.940. The molecule has 1 aromatic heterocycles. The van der Waals surface area contributed by atoms with Crippen LogP contribution in [0.5, 0.6) is 0 Å². The fourth-order valence-corrected chi connectivity index (χ4v) is 2.70. The van der Waals surface area contributed by atoms with Crippen LogP contribution in [0.25, 0.3) is 0 Å². The number of ether oxygens (including phenoxy) is 1. The van der Waals surface area contributed by atoms with E-state index in [1.165, 1.54) is 0 Å². The van der Waals surface area contributed by atoms with Crippen molar-refractivity contribution in [1.29, 1.82) is 0 Å². The van der Waals surface area contributed by atoms with Gasteiger partial charge in [0.05, 0.1) is 23.1 Å². The smallest absolute Gasteiger partial charge is 0.139 e. The van der Waals surface area contributed by atoms with Crippen molar-refractivity contribution in [2.75, 3.05) is 0 Å². The lowest BCUT2D eigenvalue weighted by Gasteiger charge is -2.34. The Morgan fingerprint density at radius 1 is 1.38 bits per heavy atom. The highest BCUT2D eigenvalue weighted by molar-refractivity contribution is 5.19. The Kier molecular flexibility index (Phi) is 2.20. The molecular weight excluding hydrogens is 206 g/mol. The maximum atomic E-state index is 10.9. The van der Waals surface area contributed by atoms with E-state index in [9.17, 15) is 5.11 Å². The zero-order valence-electron chi connectivity index (χ0n) is 10.5. The topological polar surface area (TPSA) is 60.2 Å². The maximum Gasteiger partial charge on any atom is 0.139 e. The fraction of sp³-hybridized carbons (Fsp3) is 0.818. The first-order valence-corrected chi connectivity index (χ1v) is 5.46. The van der Waals surface area contributed by atoms with Gasteiger partial charge in [0.25, 0.3) is 0 Å². The van der Waals surface area contributed by atoms with Crippen molar-refractivity contribution in [3.8, 4) is 0 Å². The molecule has 1 aromatic rings. The summed E-state index contributed by atoms with van der Waals surface area (Å²) in [5, 5.41) is 18.6. The van der Waals surface area contributed by atoms with Gasteiger partial charge in [0, 0.05) is 13.5 Å². The molecule has 1 N–H and O–H groups in total. The van der Waals surface area contributed by atoms with Gasteiger partial charge in [-0.05, 0) is 27.7 Å². The molecule has 1 saturated heterocycles. The Bertz CT molecular complexity index is 411. The van der Waals surface area contributed by atoms with Gasteiger partial charge < -0.3 is 9.84 Å². The first-order chi connectivity index (χ1) is 7.18. The Labute approximate surface area is 95.4 Å². The summed E-state index contributed by atoms with van der Waals surface area (Å²) in [4.78, 5) is 0. The van der Waals surface area contributed by atoms with Crippen LogP contribution >= 0.6 is 0 Å². The quantitative estimate of drug-likeness (QED) is 0.774. The third-order valence-corrected chi connectivity index (χ3v) is 3.35. The Balaban J connectivity index is 2.50. The molecule has 5 heteroatoms. The van der Waals surface area contributed by atoms with Crippen molar-refractivity contribution in [3.63, 3.8) is 0 Å². The van der Waals surface area contributed by atoms with Crippen molar-refractivity contribution < 1.29 is 9.84 Å². The Morgan fingerprint density at radius 3 is 2.38 bits per heavy atom. The van der Waals surface area contributed by atoms with Gasteiger partial charge in [-0.3, -0.25) is 0 Å². The van der Waals surface area contributed by atoms with Crippen LogP contribution in [-0.4, -0.2) is 31.3 Å². The minimum absolute atomic E-state index is 0.345. The number of aromatic nitrogens is 3. The van der Waals surface area contributed by atoms with E-state index in [1.807, 2.05) is 27.7 Å². The molecular formula is C11H19N3O2. The molecule has 90 valence electrons. The van der Waals surface area contributed by atoms with Gasteiger partial charge in [-0.25, -0.2) is 4.68 Å². The minimum Gasteiger partial charge on any atom is -0.380 e. The highest BCUT2D eigenvalue weighted by atomic mass is 16.5. The molecule has 0 saturated carbocycles. The van der Waals surface area contributed by atoms with Gasteiger partial charge in [0.2, 0.25) is 0 Å². The lowest BCUT2D eigenvalue weighted by molar-refractivity contribution is -0.132. The molecule has 2 heterocycles. The molecule has 0 bridgehead atoms. The van der Waals surface area contributed by atoms with E-state index in [2.05, 4.69) is 10.3 Å². The molecule has 0 aromatic carbocycles. The number of aliphatic hydroxyl groups is 1. The summed E-state index contributed by atoms with van der Waals surface area (Å²) in [5.41, 5.74) is -1.34. The van der Waals surface area contributed by atoms with Crippen molar-refractivity contribution in [2.24, 2.45) is 7.05 Å². The summed E-state index contributed by atoms with van der Waals surface area (Å²) in [6, 6.07) is 0. The zero-order chi connectivity index (χ0) is 12.2. The van der Waals surface area contributed by atoms with Crippen LogP contribution in [0.1, 0.15) is 39.8 Å². The average molecular weight is 225 g/mol. The lowest BCUT2D eigenvalue weighted by Crippen LogP contribution is -2.44. The zero-order valence-corrected chi connectivity index (χ0v) is 10.5. The van der Waals surface area contributed by atoms with E-state index in [0.29, 0.717) is 12.1 Å². The van der Waals surface area contributed by atoms with Crippen molar-refractivity contribution in [1.82, 2.24) is 15.0 Å². The molecule has 2 rings (SSSR count). The van der Waals surface area contributed by atoms with Crippen molar-refractivity contribution in [3.05, 3.63) is 11.9 Å². The summed E-state index contributed by atoms with van der Waals surface area (Å²) in [6.07, 6.45) is 2.14. The summed E-state index contributed by atoms with van der Waals surface area (Å²) in [6.45, 7) is 7.76. The van der Waals surface area contributed by atoms with E-state index < -0.39 is 11.2 Å².